The Morgan fingerprint density at radius 3 is 2.58 bits per heavy atom. The lowest BCUT2D eigenvalue weighted by Crippen LogP contribution is -2.35. The quantitative estimate of drug-likeness (QED) is 0.842. The minimum atomic E-state index is -0.914. The predicted molar refractivity (Wildman–Crippen MR) is 74.1 cm³/mol. The summed E-state index contributed by atoms with van der Waals surface area (Å²) >= 11 is 5.88. The van der Waals surface area contributed by atoms with E-state index in [1.165, 1.54) is 0 Å². The van der Waals surface area contributed by atoms with Crippen LogP contribution in [0.3, 0.4) is 0 Å². The predicted octanol–water partition coefficient (Wildman–Crippen LogP) is 2.36. The average Bonchev–Trinajstić information content (AvgIpc) is 2.35. The molecule has 19 heavy (non-hydrogen) atoms. The molecule has 2 N–H and O–H groups in total. The largest absolute Gasteiger partial charge is 0.481 e. The third-order valence-electron chi connectivity index (χ3n) is 2.88. The standard InChI is InChI=1S/C14H18ClNO3/c1-9(6-11-4-3-5-12(15)7-11)13(17)16-8-10(2)14(18)19/h3-5,7,9-10H,6,8H2,1-2H3,(H,16,17)(H,18,19). The fourth-order valence-electron chi connectivity index (χ4n) is 1.63. The summed E-state index contributed by atoms with van der Waals surface area (Å²) in [7, 11) is 0. The van der Waals surface area contributed by atoms with Gasteiger partial charge in [-0.2, -0.15) is 0 Å². The number of carbonyl (C=O) groups is 2. The number of aliphatic carboxylic acids is 1. The molecule has 0 aromatic heterocycles. The van der Waals surface area contributed by atoms with E-state index in [0.29, 0.717) is 11.4 Å². The van der Waals surface area contributed by atoms with E-state index in [9.17, 15) is 9.59 Å². The first-order valence-electron chi connectivity index (χ1n) is 6.15. The molecule has 2 unspecified atom stereocenters. The fourth-order valence-corrected chi connectivity index (χ4v) is 1.84. The molecule has 1 aromatic carbocycles. The van der Waals surface area contributed by atoms with Crippen LogP contribution in [0.25, 0.3) is 0 Å². The first-order valence-corrected chi connectivity index (χ1v) is 6.53. The summed E-state index contributed by atoms with van der Waals surface area (Å²) < 4.78 is 0. The van der Waals surface area contributed by atoms with Gasteiger partial charge in [0, 0.05) is 17.5 Å². The number of rotatable bonds is 6. The summed E-state index contributed by atoms with van der Waals surface area (Å²) in [6.07, 6.45) is 0.577. The van der Waals surface area contributed by atoms with Gasteiger partial charge in [0.2, 0.25) is 5.91 Å². The average molecular weight is 284 g/mol. The lowest BCUT2D eigenvalue weighted by Gasteiger charge is -2.14. The van der Waals surface area contributed by atoms with Gasteiger partial charge in [0.15, 0.2) is 0 Å². The lowest BCUT2D eigenvalue weighted by atomic mass is 10.00. The smallest absolute Gasteiger partial charge is 0.308 e. The van der Waals surface area contributed by atoms with Gasteiger partial charge in [0.25, 0.3) is 0 Å². The minimum absolute atomic E-state index is 0.145. The highest BCUT2D eigenvalue weighted by Gasteiger charge is 2.16. The monoisotopic (exact) mass is 283 g/mol. The molecule has 0 bridgehead atoms. The topological polar surface area (TPSA) is 66.4 Å². The Bertz CT molecular complexity index is 462. The SMILES string of the molecule is CC(CNC(=O)C(C)Cc1cccc(Cl)c1)C(=O)O. The van der Waals surface area contributed by atoms with Crippen LogP contribution in [-0.4, -0.2) is 23.5 Å². The maximum Gasteiger partial charge on any atom is 0.308 e. The fraction of sp³-hybridized carbons (Fsp3) is 0.429. The zero-order valence-electron chi connectivity index (χ0n) is 11.0. The van der Waals surface area contributed by atoms with E-state index in [1.54, 1.807) is 13.0 Å². The summed E-state index contributed by atoms with van der Waals surface area (Å²) in [5.74, 6) is -1.86. The van der Waals surface area contributed by atoms with E-state index in [1.807, 2.05) is 25.1 Å². The second-order valence-electron chi connectivity index (χ2n) is 4.72. The Labute approximate surface area is 117 Å². The van der Waals surface area contributed by atoms with E-state index in [4.69, 9.17) is 16.7 Å². The molecular formula is C14H18ClNO3. The second kappa shape index (κ2) is 7.14. The molecule has 0 aliphatic heterocycles. The molecule has 0 fully saturated rings. The Balaban J connectivity index is 2.47. The Kier molecular flexibility index (Phi) is 5.83. The first kappa shape index (κ1) is 15.5. The van der Waals surface area contributed by atoms with Crippen LogP contribution in [0.4, 0.5) is 0 Å². The van der Waals surface area contributed by atoms with E-state index >= 15 is 0 Å². The van der Waals surface area contributed by atoms with Gasteiger partial charge in [-0.3, -0.25) is 9.59 Å². The number of amides is 1. The van der Waals surface area contributed by atoms with E-state index < -0.39 is 11.9 Å². The Morgan fingerprint density at radius 2 is 2.00 bits per heavy atom. The highest BCUT2D eigenvalue weighted by Crippen LogP contribution is 2.14. The number of nitrogens with one attached hydrogen (secondary N) is 1. The van der Waals surface area contributed by atoms with Crippen LogP contribution < -0.4 is 5.32 Å². The summed E-state index contributed by atoms with van der Waals surface area (Å²) in [4.78, 5) is 22.5. The molecule has 0 aliphatic carbocycles. The maximum atomic E-state index is 11.8. The van der Waals surface area contributed by atoms with Crippen LogP contribution in [0, 0.1) is 11.8 Å². The van der Waals surface area contributed by atoms with Crippen molar-refractivity contribution in [2.45, 2.75) is 20.3 Å². The van der Waals surface area contributed by atoms with Crippen molar-refractivity contribution >= 4 is 23.5 Å². The molecule has 0 spiro atoms. The number of carboxylic acid groups (broad SMARTS) is 1. The van der Waals surface area contributed by atoms with Gasteiger partial charge in [-0.05, 0) is 24.1 Å². The molecule has 1 aromatic rings. The van der Waals surface area contributed by atoms with E-state index in [-0.39, 0.29) is 18.4 Å². The molecular weight excluding hydrogens is 266 g/mol. The van der Waals surface area contributed by atoms with Gasteiger partial charge in [0.1, 0.15) is 0 Å². The summed E-state index contributed by atoms with van der Waals surface area (Å²) in [5.41, 5.74) is 0.987. The molecule has 1 rings (SSSR count). The number of benzene rings is 1. The van der Waals surface area contributed by atoms with Gasteiger partial charge < -0.3 is 10.4 Å². The van der Waals surface area contributed by atoms with Crippen molar-refractivity contribution in [3.63, 3.8) is 0 Å². The zero-order chi connectivity index (χ0) is 14.4. The number of hydrogen-bond donors (Lipinski definition) is 2. The van der Waals surface area contributed by atoms with Gasteiger partial charge in [0.05, 0.1) is 5.92 Å². The highest BCUT2D eigenvalue weighted by atomic mass is 35.5. The summed E-state index contributed by atoms with van der Waals surface area (Å²) in [5, 5.41) is 12.0. The normalized spacial score (nSPS) is 13.6. The number of hydrogen-bond acceptors (Lipinski definition) is 2. The molecule has 104 valence electrons. The highest BCUT2D eigenvalue weighted by molar-refractivity contribution is 6.30. The maximum absolute atomic E-state index is 11.8. The molecule has 2 atom stereocenters. The van der Waals surface area contributed by atoms with Crippen molar-refractivity contribution in [2.75, 3.05) is 6.54 Å². The number of halogens is 1. The lowest BCUT2D eigenvalue weighted by molar-refractivity contribution is -0.141. The molecule has 0 radical (unpaired) electrons. The van der Waals surface area contributed by atoms with Gasteiger partial charge in [-0.25, -0.2) is 0 Å². The van der Waals surface area contributed by atoms with Gasteiger partial charge in [-0.1, -0.05) is 37.6 Å². The van der Waals surface area contributed by atoms with Crippen LogP contribution in [0.1, 0.15) is 19.4 Å². The van der Waals surface area contributed by atoms with Gasteiger partial charge in [-0.15, -0.1) is 0 Å². The third-order valence-corrected chi connectivity index (χ3v) is 3.12. The zero-order valence-corrected chi connectivity index (χ0v) is 11.8. The third kappa shape index (κ3) is 5.30. The molecule has 5 heteroatoms. The molecule has 1 amide bonds. The molecule has 0 aliphatic rings. The molecule has 0 saturated heterocycles. The van der Waals surface area contributed by atoms with Crippen molar-refractivity contribution in [1.29, 1.82) is 0 Å². The molecule has 0 heterocycles. The van der Waals surface area contributed by atoms with Crippen molar-refractivity contribution in [3.8, 4) is 0 Å². The Hall–Kier alpha value is -1.55. The van der Waals surface area contributed by atoms with Crippen molar-refractivity contribution in [2.24, 2.45) is 11.8 Å². The van der Waals surface area contributed by atoms with Crippen molar-refractivity contribution in [1.82, 2.24) is 5.32 Å². The summed E-state index contributed by atoms with van der Waals surface area (Å²) in [6.45, 7) is 3.51. The number of carboxylic acids is 1. The summed E-state index contributed by atoms with van der Waals surface area (Å²) in [6, 6.07) is 7.36. The van der Waals surface area contributed by atoms with Gasteiger partial charge >= 0.3 is 5.97 Å². The van der Waals surface area contributed by atoms with E-state index in [0.717, 1.165) is 5.56 Å². The van der Waals surface area contributed by atoms with Crippen LogP contribution in [0.15, 0.2) is 24.3 Å². The molecule has 0 saturated carbocycles. The molecule has 4 nitrogen and oxygen atoms in total. The van der Waals surface area contributed by atoms with Crippen molar-refractivity contribution in [3.05, 3.63) is 34.9 Å². The van der Waals surface area contributed by atoms with E-state index in [2.05, 4.69) is 5.32 Å². The number of carbonyl (C=O) groups excluding carboxylic acids is 1. The van der Waals surface area contributed by atoms with Crippen LogP contribution in [0.5, 0.6) is 0 Å². The second-order valence-corrected chi connectivity index (χ2v) is 5.16. The van der Waals surface area contributed by atoms with Crippen LogP contribution >= 0.6 is 11.6 Å². The minimum Gasteiger partial charge on any atom is -0.481 e. The first-order chi connectivity index (χ1) is 8.90. The Morgan fingerprint density at radius 1 is 1.32 bits per heavy atom. The van der Waals surface area contributed by atoms with Crippen LogP contribution in [-0.2, 0) is 16.0 Å². The van der Waals surface area contributed by atoms with Crippen molar-refractivity contribution < 1.29 is 14.7 Å². The van der Waals surface area contributed by atoms with Crippen LogP contribution in [0.2, 0.25) is 5.02 Å².